The number of hydrogen-bond donors (Lipinski definition) is 0. The van der Waals surface area contributed by atoms with E-state index in [0.717, 1.165) is 10.9 Å². The van der Waals surface area contributed by atoms with Crippen molar-refractivity contribution in [2.45, 2.75) is 0 Å². The summed E-state index contributed by atoms with van der Waals surface area (Å²) in [4.78, 5) is 4.08. The standard InChI is InChI=1S/C10H8FNO/c1-13-10-6-9-7(5-8(10)11)3-2-4-12-9/h2-6H,1H3. The van der Waals surface area contributed by atoms with Crippen LogP contribution in [0.1, 0.15) is 0 Å². The molecule has 0 aliphatic carbocycles. The Labute approximate surface area is 75.0 Å². The highest BCUT2D eigenvalue weighted by Gasteiger charge is 2.04. The van der Waals surface area contributed by atoms with Crippen LogP contribution in [-0.4, -0.2) is 12.1 Å². The maximum absolute atomic E-state index is 13.2. The molecule has 2 nitrogen and oxygen atoms in total. The van der Waals surface area contributed by atoms with Crippen molar-refractivity contribution in [2.24, 2.45) is 0 Å². The van der Waals surface area contributed by atoms with Crippen LogP contribution in [0.4, 0.5) is 4.39 Å². The number of ether oxygens (including phenoxy) is 1. The van der Waals surface area contributed by atoms with Gasteiger partial charge in [0.05, 0.1) is 12.6 Å². The molecule has 1 aromatic carbocycles. The summed E-state index contributed by atoms with van der Waals surface area (Å²) >= 11 is 0. The largest absolute Gasteiger partial charge is 0.494 e. The maximum Gasteiger partial charge on any atom is 0.165 e. The van der Waals surface area contributed by atoms with Gasteiger partial charge in [0.25, 0.3) is 0 Å². The van der Waals surface area contributed by atoms with Crippen molar-refractivity contribution in [3.8, 4) is 5.75 Å². The first kappa shape index (κ1) is 7.98. The lowest BCUT2D eigenvalue weighted by Crippen LogP contribution is -1.88. The van der Waals surface area contributed by atoms with Crippen LogP contribution < -0.4 is 4.74 Å². The summed E-state index contributed by atoms with van der Waals surface area (Å²) in [5.74, 6) is -0.130. The summed E-state index contributed by atoms with van der Waals surface area (Å²) in [6, 6.07) is 6.59. The van der Waals surface area contributed by atoms with Crippen LogP contribution in [0.5, 0.6) is 5.75 Å². The first-order valence-electron chi connectivity index (χ1n) is 3.89. The molecule has 0 aliphatic rings. The molecule has 13 heavy (non-hydrogen) atoms. The van der Waals surface area contributed by atoms with E-state index in [1.165, 1.54) is 13.2 Å². The van der Waals surface area contributed by atoms with Gasteiger partial charge < -0.3 is 4.74 Å². The van der Waals surface area contributed by atoms with Crippen LogP contribution in [0, 0.1) is 5.82 Å². The number of fused-ring (bicyclic) bond motifs is 1. The molecular formula is C10H8FNO. The summed E-state index contributed by atoms with van der Waals surface area (Å²) in [5, 5.41) is 0.779. The van der Waals surface area contributed by atoms with Crippen LogP contribution in [0.25, 0.3) is 10.9 Å². The summed E-state index contributed by atoms with van der Waals surface area (Å²) < 4.78 is 18.0. The highest BCUT2D eigenvalue weighted by Crippen LogP contribution is 2.22. The summed E-state index contributed by atoms with van der Waals surface area (Å²) in [7, 11) is 1.44. The number of hydrogen-bond acceptors (Lipinski definition) is 2. The second kappa shape index (κ2) is 3.01. The summed E-state index contributed by atoms with van der Waals surface area (Å²) in [5.41, 5.74) is 0.737. The molecule has 2 aromatic rings. The number of nitrogens with zero attached hydrogens (tertiary/aromatic N) is 1. The van der Waals surface area contributed by atoms with E-state index in [9.17, 15) is 4.39 Å². The predicted molar refractivity (Wildman–Crippen MR) is 48.3 cm³/mol. The van der Waals surface area contributed by atoms with Gasteiger partial charge in [-0.15, -0.1) is 0 Å². The fourth-order valence-corrected chi connectivity index (χ4v) is 1.23. The number of halogens is 1. The number of benzene rings is 1. The second-order valence-corrected chi connectivity index (χ2v) is 2.68. The fourth-order valence-electron chi connectivity index (χ4n) is 1.23. The monoisotopic (exact) mass is 177 g/mol. The third-order valence-corrected chi connectivity index (χ3v) is 1.88. The zero-order valence-electron chi connectivity index (χ0n) is 7.12. The molecule has 0 bridgehead atoms. The van der Waals surface area contributed by atoms with Crippen LogP contribution >= 0.6 is 0 Å². The molecule has 0 aliphatic heterocycles. The Morgan fingerprint density at radius 2 is 2.23 bits per heavy atom. The normalized spacial score (nSPS) is 10.3. The molecule has 1 aromatic heterocycles. The van der Waals surface area contributed by atoms with Crippen molar-refractivity contribution < 1.29 is 9.13 Å². The second-order valence-electron chi connectivity index (χ2n) is 2.68. The van der Waals surface area contributed by atoms with Gasteiger partial charge in [-0.1, -0.05) is 6.07 Å². The Kier molecular flexibility index (Phi) is 1.85. The lowest BCUT2D eigenvalue weighted by atomic mass is 10.2. The average Bonchev–Trinajstić information content (AvgIpc) is 2.17. The minimum absolute atomic E-state index is 0.228. The van der Waals surface area contributed by atoms with Crippen LogP contribution in [0.2, 0.25) is 0 Å². The zero-order valence-corrected chi connectivity index (χ0v) is 7.12. The van der Waals surface area contributed by atoms with Gasteiger partial charge in [-0.25, -0.2) is 4.39 Å². The zero-order chi connectivity index (χ0) is 9.26. The van der Waals surface area contributed by atoms with E-state index in [0.29, 0.717) is 0 Å². The van der Waals surface area contributed by atoms with E-state index in [2.05, 4.69) is 4.98 Å². The molecule has 1 heterocycles. The molecule has 0 atom stereocenters. The van der Waals surface area contributed by atoms with E-state index < -0.39 is 0 Å². The van der Waals surface area contributed by atoms with Crippen molar-refractivity contribution in [2.75, 3.05) is 7.11 Å². The van der Waals surface area contributed by atoms with Gasteiger partial charge in [0.2, 0.25) is 0 Å². The molecule has 0 unspecified atom stereocenters. The minimum atomic E-state index is -0.358. The van der Waals surface area contributed by atoms with Gasteiger partial charge in [-0.3, -0.25) is 4.98 Å². The highest BCUT2D eigenvalue weighted by molar-refractivity contribution is 5.79. The third-order valence-electron chi connectivity index (χ3n) is 1.88. The molecule has 2 rings (SSSR count). The van der Waals surface area contributed by atoms with Gasteiger partial charge in [0.1, 0.15) is 0 Å². The Morgan fingerprint density at radius 3 is 3.00 bits per heavy atom. The molecule has 0 fully saturated rings. The van der Waals surface area contributed by atoms with E-state index in [4.69, 9.17) is 4.74 Å². The van der Waals surface area contributed by atoms with Crippen molar-refractivity contribution in [1.29, 1.82) is 0 Å². The van der Waals surface area contributed by atoms with Crippen molar-refractivity contribution >= 4 is 10.9 Å². The Hall–Kier alpha value is -1.64. The van der Waals surface area contributed by atoms with Gasteiger partial charge in [-0.05, 0) is 12.1 Å². The first-order chi connectivity index (χ1) is 6.31. The molecule has 66 valence electrons. The predicted octanol–water partition coefficient (Wildman–Crippen LogP) is 2.38. The number of pyridine rings is 1. The maximum atomic E-state index is 13.2. The molecule has 3 heteroatoms. The van der Waals surface area contributed by atoms with E-state index in [1.807, 2.05) is 6.07 Å². The fraction of sp³-hybridized carbons (Fsp3) is 0.100. The minimum Gasteiger partial charge on any atom is -0.494 e. The number of aromatic nitrogens is 1. The smallest absolute Gasteiger partial charge is 0.165 e. The van der Waals surface area contributed by atoms with Gasteiger partial charge >= 0.3 is 0 Å². The summed E-state index contributed by atoms with van der Waals surface area (Å²) in [6.07, 6.45) is 1.67. The van der Waals surface area contributed by atoms with Gasteiger partial charge in [0, 0.05) is 17.6 Å². The Morgan fingerprint density at radius 1 is 1.38 bits per heavy atom. The lowest BCUT2D eigenvalue weighted by Gasteiger charge is -2.02. The number of methoxy groups -OCH3 is 1. The highest BCUT2D eigenvalue weighted by atomic mass is 19.1. The summed E-state index contributed by atoms with van der Waals surface area (Å²) in [6.45, 7) is 0. The SMILES string of the molecule is COc1cc2ncccc2cc1F. The van der Waals surface area contributed by atoms with Crippen molar-refractivity contribution in [3.05, 3.63) is 36.3 Å². The molecule has 0 N–H and O–H groups in total. The Balaban J connectivity index is 2.74. The quantitative estimate of drug-likeness (QED) is 0.667. The molecule has 0 radical (unpaired) electrons. The number of rotatable bonds is 1. The molecule has 0 saturated carbocycles. The van der Waals surface area contributed by atoms with Crippen LogP contribution in [0.3, 0.4) is 0 Å². The van der Waals surface area contributed by atoms with Crippen LogP contribution in [0.15, 0.2) is 30.5 Å². The molecule has 0 saturated heterocycles. The molecule has 0 amide bonds. The van der Waals surface area contributed by atoms with E-state index >= 15 is 0 Å². The van der Waals surface area contributed by atoms with Crippen molar-refractivity contribution in [1.82, 2.24) is 4.98 Å². The van der Waals surface area contributed by atoms with Crippen LogP contribution in [-0.2, 0) is 0 Å². The third kappa shape index (κ3) is 1.33. The van der Waals surface area contributed by atoms with E-state index in [-0.39, 0.29) is 11.6 Å². The Bertz CT molecular complexity index is 442. The van der Waals surface area contributed by atoms with Gasteiger partial charge in [-0.2, -0.15) is 0 Å². The van der Waals surface area contributed by atoms with Gasteiger partial charge in [0.15, 0.2) is 11.6 Å². The first-order valence-corrected chi connectivity index (χ1v) is 3.89. The topological polar surface area (TPSA) is 22.1 Å². The average molecular weight is 177 g/mol. The van der Waals surface area contributed by atoms with Crippen molar-refractivity contribution in [3.63, 3.8) is 0 Å². The van der Waals surface area contributed by atoms with E-state index in [1.54, 1.807) is 18.3 Å². The molecular weight excluding hydrogens is 169 g/mol. The molecule has 0 spiro atoms. The lowest BCUT2D eigenvalue weighted by molar-refractivity contribution is 0.387.